The number of benzene rings is 1. The molecule has 0 bridgehead atoms. The molecule has 0 unspecified atom stereocenters. The lowest BCUT2D eigenvalue weighted by Gasteiger charge is -2.07. The van der Waals surface area contributed by atoms with Crippen LogP contribution in [0, 0.1) is 0 Å². The molecule has 2 heterocycles. The number of aromatic nitrogens is 3. The third-order valence-electron chi connectivity index (χ3n) is 4.40. The first-order valence-electron chi connectivity index (χ1n) is 9.15. The molecule has 0 aliphatic rings. The highest BCUT2D eigenvalue weighted by molar-refractivity contribution is 5.91. The van der Waals surface area contributed by atoms with E-state index in [2.05, 4.69) is 29.2 Å². The van der Waals surface area contributed by atoms with Crippen molar-refractivity contribution in [3.63, 3.8) is 0 Å². The Morgan fingerprint density at radius 3 is 2.41 bits per heavy atom. The van der Waals surface area contributed by atoms with Crippen LogP contribution >= 0.6 is 0 Å². The molecule has 5 nitrogen and oxygen atoms in total. The van der Waals surface area contributed by atoms with Crippen LogP contribution in [-0.2, 0) is 23.9 Å². The van der Waals surface area contributed by atoms with Crippen LogP contribution in [0.5, 0.6) is 0 Å². The number of amides is 1. The number of alkyl halides is 3. The highest BCUT2D eigenvalue weighted by atomic mass is 19.4. The number of hydrogen-bond donors (Lipinski definition) is 1. The predicted molar refractivity (Wildman–Crippen MR) is 103 cm³/mol. The summed E-state index contributed by atoms with van der Waals surface area (Å²) in [4.78, 5) is 16.0. The van der Waals surface area contributed by atoms with Crippen molar-refractivity contribution in [2.24, 2.45) is 0 Å². The average molecular weight is 402 g/mol. The Balaban J connectivity index is 1.56. The maximum absolute atomic E-state index is 12.6. The molecule has 0 fully saturated rings. The number of anilines is 1. The Labute approximate surface area is 166 Å². The largest absolute Gasteiger partial charge is 0.417 e. The van der Waals surface area contributed by atoms with Crippen LogP contribution in [0.3, 0.4) is 0 Å². The Morgan fingerprint density at radius 2 is 1.83 bits per heavy atom. The molecule has 0 radical (unpaired) electrons. The first-order valence-corrected chi connectivity index (χ1v) is 9.15. The fourth-order valence-corrected chi connectivity index (χ4v) is 2.76. The second kappa shape index (κ2) is 8.46. The summed E-state index contributed by atoms with van der Waals surface area (Å²) >= 11 is 0. The van der Waals surface area contributed by atoms with Crippen LogP contribution in [0.15, 0.2) is 54.9 Å². The fourth-order valence-electron chi connectivity index (χ4n) is 2.76. The summed E-state index contributed by atoms with van der Waals surface area (Å²) in [5, 5.41) is 6.94. The second-order valence-electron chi connectivity index (χ2n) is 7.06. The maximum atomic E-state index is 12.6. The van der Waals surface area contributed by atoms with E-state index in [1.807, 2.05) is 24.3 Å². The standard InChI is InChI=1S/C21H21F3N4O/c1-14(2)16-5-3-15(4-6-16)11-20(29)26-19-9-10-28(27-19)13-18-8-7-17(12-25-18)21(22,23)24/h3-10,12,14H,11,13H2,1-2H3,(H,26,27,29). The van der Waals surface area contributed by atoms with E-state index in [0.717, 1.165) is 17.8 Å². The van der Waals surface area contributed by atoms with E-state index in [1.54, 1.807) is 12.3 Å². The van der Waals surface area contributed by atoms with Crippen LogP contribution in [0.25, 0.3) is 0 Å². The molecule has 0 aliphatic carbocycles. The van der Waals surface area contributed by atoms with Crippen molar-refractivity contribution in [3.8, 4) is 0 Å². The van der Waals surface area contributed by atoms with Crippen molar-refractivity contribution in [2.45, 2.75) is 38.9 Å². The molecule has 3 aromatic rings. The number of carbonyl (C=O) groups excluding carboxylic acids is 1. The van der Waals surface area contributed by atoms with Gasteiger partial charge in [0.05, 0.1) is 24.2 Å². The van der Waals surface area contributed by atoms with Crippen molar-refractivity contribution in [3.05, 3.63) is 77.2 Å². The highest BCUT2D eigenvalue weighted by Gasteiger charge is 2.30. The van der Waals surface area contributed by atoms with E-state index in [0.29, 0.717) is 17.4 Å². The van der Waals surface area contributed by atoms with E-state index in [4.69, 9.17) is 0 Å². The molecule has 2 aromatic heterocycles. The van der Waals surface area contributed by atoms with E-state index in [-0.39, 0.29) is 18.9 Å². The van der Waals surface area contributed by atoms with E-state index in [1.165, 1.54) is 16.3 Å². The normalized spacial score (nSPS) is 11.7. The minimum atomic E-state index is -4.41. The van der Waals surface area contributed by atoms with Crippen molar-refractivity contribution >= 4 is 11.7 Å². The zero-order chi connectivity index (χ0) is 21.0. The average Bonchev–Trinajstić information content (AvgIpc) is 3.08. The SMILES string of the molecule is CC(C)c1ccc(CC(=O)Nc2ccn(Cc3ccc(C(F)(F)F)cn3)n2)cc1. The Hall–Kier alpha value is -3.16. The number of carbonyl (C=O) groups is 1. The minimum Gasteiger partial charge on any atom is -0.309 e. The summed E-state index contributed by atoms with van der Waals surface area (Å²) in [5.41, 5.74) is 1.75. The predicted octanol–water partition coefficient (Wildman–Crippen LogP) is 4.65. The first-order chi connectivity index (χ1) is 13.7. The monoisotopic (exact) mass is 402 g/mol. The second-order valence-corrected chi connectivity index (χ2v) is 7.06. The molecule has 0 spiro atoms. The lowest BCUT2D eigenvalue weighted by Crippen LogP contribution is -2.15. The van der Waals surface area contributed by atoms with Gasteiger partial charge in [0.2, 0.25) is 5.91 Å². The van der Waals surface area contributed by atoms with Gasteiger partial charge in [-0.3, -0.25) is 14.5 Å². The summed E-state index contributed by atoms with van der Waals surface area (Å²) in [5.74, 6) is 0.613. The van der Waals surface area contributed by atoms with Crippen LogP contribution < -0.4 is 5.32 Å². The third-order valence-corrected chi connectivity index (χ3v) is 4.40. The van der Waals surface area contributed by atoms with Gasteiger partial charge in [-0.2, -0.15) is 18.3 Å². The Kier molecular flexibility index (Phi) is 6.00. The zero-order valence-corrected chi connectivity index (χ0v) is 16.1. The molecule has 0 atom stereocenters. The van der Waals surface area contributed by atoms with E-state index < -0.39 is 11.7 Å². The number of pyridine rings is 1. The molecule has 1 aromatic carbocycles. The van der Waals surface area contributed by atoms with Gasteiger partial charge in [-0.1, -0.05) is 38.1 Å². The zero-order valence-electron chi connectivity index (χ0n) is 16.1. The van der Waals surface area contributed by atoms with E-state index in [9.17, 15) is 18.0 Å². The highest BCUT2D eigenvalue weighted by Crippen LogP contribution is 2.28. The van der Waals surface area contributed by atoms with E-state index >= 15 is 0 Å². The third kappa shape index (κ3) is 5.66. The number of halogens is 3. The van der Waals surface area contributed by atoms with Crippen LogP contribution in [-0.4, -0.2) is 20.7 Å². The van der Waals surface area contributed by atoms with Crippen molar-refractivity contribution in [1.82, 2.24) is 14.8 Å². The molecule has 1 amide bonds. The molecule has 0 saturated carbocycles. The summed E-state index contributed by atoms with van der Waals surface area (Å²) in [6.45, 7) is 4.42. The maximum Gasteiger partial charge on any atom is 0.417 e. The summed E-state index contributed by atoms with van der Waals surface area (Å²) in [6, 6.07) is 11.8. The molecule has 3 rings (SSSR count). The van der Waals surface area contributed by atoms with Crippen molar-refractivity contribution < 1.29 is 18.0 Å². The molecule has 0 saturated heterocycles. The van der Waals surface area contributed by atoms with Gasteiger partial charge in [-0.25, -0.2) is 0 Å². The van der Waals surface area contributed by atoms with Crippen LogP contribution in [0.2, 0.25) is 0 Å². The van der Waals surface area contributed by atoms with Crippen molar-refractivity contribution in [2.75, 3.05) is 5.32 Å². The summed E-state index contributed by atoms with van der Waals surface area (Å²) in [6.07, 6.45) is -1.76. The number of rotatable bonds is 6. The van der Waals surface area contributed by atoms with Gasteiger partial charge in [-0.15, -0.1) is 0 Å². The molecule has 8 heteroatoms. The van der Waals surface area contributed by atoms with Gasteiger partial charge in [0.15, 0.2) is 5.82 Å². The topological polar surface area (TPSA) is 59.8 Å². The van der Waals surface area contributed by atoms with Crippen molar-refractivity contribution in [1.29, 1.82) is 0 Å². The smallest absolute Gasteiger partial charge is 0.309 e. The fraction of sp³-hybridized carbons (Fsp3) is 0.286. The summed E-state index contributed by atoms with van der Waals surface area (Å²) in [7, 11) is 0. The quantitative estimate of drug-likeness (QED) is 0.653. The molecule has 1 N–H and O–H groups in total. The number of nitrogens with one attached hydrogen (secondary N) is 1. The molecule has 29 heavy (non-hydrogen) atoms. The van der Waals surface area contributed by atoms with Gasteiger partial charge >= 0.3 is 6.18 Å². The van der Waals surface area contributed by atoms with Gasteiger partial charge < -0.3 is 5.32 Å². The first kappa shape index (κ1) is 20.6. The lowest BCUT2D eigenvalue weighted by molar-refractivity contribution is -0.137. The molecular formula is C21H21F3N4O. The Morgan fingerprint density at radius 1 is 1.10 bits per heavy atom. The number of nitrogens with zero attached hydrogens (tertiary/aromatic N) is 3. The molecule has 0 aliphatic heterocycles. The van der Waals surface area contributed by atoms with Gasteiger partial charge in [0.1, 0.15) is 0 Å². The minimum absolute atomic E-state index is 0.194. The van der Waals surface area contributed by atoms with Crippen LogP contribution in [0.1, 0.15) is 42.1 Å². The van der Waals surface area contributed by atoms with Gasteiger partial charge in [-0.05, 0) is 29.2 Å². The van der Waals surface area contributed by atoms with Gasteiger partial charge in [0.25, 0.3) is 0 Å². The van der Waals surface area contributed by atoms with Gasteiger partial charge in [0, 0.05) is 18.5 Å². The Bertz CT molecular complexity index is 961. The number of hydrogen-bond acceptors (Lipinski definition) is 3. The lowest BCUT2D eigenvalue weighted by atomic mass is 10.0. The molecule has 152 valence electrons. The molecular weight excluding hydrogens is 381 g/mol. The summed E-state index contributed by atoms with van der Waals surface area (Å²) < 4.78 is 39.3. The van der Waals surface area contributed by atoms with Crippen LogP contribution in [0.4, 0.5) is 19.0 Å².